The maximum Gasteiger partial charge on any atom is 0.262 e. The van der Waals surface area contributed by atoms with Crippen LogP contribution in [0.15, 0.2) is 77.2 Å². The molecule has 3 nitrogen and oxygen atoms in total. The fourth-order valence-corrected chi connectivity index (χ4v) is 3.23. The summed E-state index contributed by atoms with van der Waals surface area (Å²) in [7, 11) is 0. The summed E-state index contributed by atoms with van der Waals surface area (Å²) >= 11 is 1.57. The lowest BCUT2D eigenvalue weighted by Crippen LogP contribution is -2.22. The Morgan fingerprint density at radius 3 is 2.59 bits per heavy atom. The number of nitrogens with zero attached hydrogens (tertiary/aromatic N) is 2. The van der Waals surface area contributed by atoms with Crippen LogP contribution in [0, 0.1) is 0 Å². The first-order valence-electron chi connectivity index (χ1n) is 7.07. The normalized spacial score (nSPS) is 10.7. The van der Waals surface area contributed by atoms with Crippen LogP contribution in [0.25, 0.3) is 10.9 Å². The van der Waals surface area contributed by atoms with Crippen molar-refractivity contribution in [2.75, 3.05) is 0 Å². The van der Waals surface area contributed by atoms with Gasteiger partial charge in [-0.25, -0.2) is 4.98 Å². The van der Waals surface area contributed by atoms with Crippen molar-refractivity contribution in [3.8, 4) is 0 Å². The van der Waals surface area contributed by atoms with Gasteiger partial charge in [0.2, 0.25) is 0 Å². The largest absolute Gasteiger partial charge is 0.283 e. The number of thioether (sulfide) groups is 1. The van der Waals surface area contributed by atoms with Gasteiger partial charge < -0.3 is 0 Å². The van der Waals surface area contributed by atoms with Crippen LogP contribution in [-0.2, 0) is 12.3 Å². The molecule has 4 heteroatoms. The SMILES string of the molecule is C=CCn1c(SCc2ccccc2)nc2ccccc2c1=O. The lowest BCUT2D eigenvalue weighted by Gasteiger charge is -2.11. The Hall–Kier alpha value is -2.33. The Balaban J connectivity index is 2.01. The van der Waals surface area contributed by atoms with E-state index >= 15 is 0 Å². The summed E-state index contributed by atoms with van der Waals surface area (Å²) in [4.78, 5) is 17.3. The Bertz CT molecular complexity index is 856. The van der Waals surface area contributed by atoms with Gasteiger partial charge in [-0.1, -0.05) is 60.3 Å². The molecule has 0 saturated carbocycles. The van der Waals surface area contributed by atoms with Crippen LogP contribution in [0.1, 0.15) is 5.56 Å². The molecule has 0 aliphatic rings. The van der Waals surface area contributed by atoms with Crippen LogP contribution in [0.4, 0.5) is 0 Å². The van der Waals surface area contributed by atoms with Gasteiger partial charge in [-0.15, -0.1) is 6.58 Å². The van der Waals surface area contributed by atoms with Gasteiger partial charge in [-0.05, 0) is 17.7 Å². The molecule has 0 N–H and O–H groups in total. The van der Waals surface area contributed by atoms with E-state index in [4.69, 9.17) is 0 Å². The number of para-hydroxylation sites is 1. The lowest BCUT2D eigenvalue weighted by molar-refractivity contribution is 0.671. The molecule has 0 amide bonds. The van der Waals surface area contributed by atoms with Crippen molar-refractivity contribution < 1.29 is 0 Å². The van der Waals surface area contributed by atoms with Crippen molar-refractivity contribution in [3.05, 3.63) is 83.2 Å². The minimum absolute atomic E-state index is 0.0129. The van der Waals surface area contributed by atoms with Crippen LogP contribution in [0.5, 0.6) is 0 Å². The van der Waals surface area contributed by atoms with Gasteiger partial charge in [0.05, 0.1) is 10.9 Å². The first kappa shape index (κ1) is 14.6. The van der Waals surface area contributed by atoms with Gasteiger partial charge >= 0.3 is 0 Å². The Morgan fingerprint density at radius 2 is 1.82 bits per heavy atom. The summed E-state index contributed by atoms with van der Waals surface area (Å²) < 4.78 is 1.68. The zero-order chi connectivity index (χ0) is 15.4. The molecule has 0 saturated heterocycles. The minimum atomic E-state index is -0.0129. The molecular weight excluding hydrogens is 292 g/mol. The predicted octanol–water partition coefficient (Wildman–Crippen LogP) is 3.87. The van der Waals surface area contributed by atoms with Crippen molar-refractivity contribution in [3.63, 3.8) is 0 Å². The van der Waals surface area contributed by atoms with Crippen LogP contribution < -0.4 is 5.56 Å². The van der Waals surface area contributed by atoms with E-state index in [-0.39, 0.29) is 5.56 Å². The zero-order valence-electron chi connectivity index (χ0n) is 12.1. The van der Waals surface area contributed by atoms with Gasteiger partial charge in [0.25, 0.3) is 5.56 Å². The van der Waals surface area contributed by atoms with Crippen molar-refractivity contribution >= 4 is 22.7 Å². The van der Waals surface area contributed by atoms with Gasteiger partial charge in [-0.3, -0.25) is 9.36 Å². The molecule has 0 radical (unpaired) electrons. The van der Waals surface area contributed by atoms with E-state index in [0.29, 0.717) is 11.9 Å². The quantitative estimate of drug-likeness (QED) is 0.408. The summed E-state index contributed by atoms with van der Waals surface area (Å²) in [5, 5.41) is 1.38. The maximum absolute atomic E-state index is 12.6. The second kappa shape index (κ2) is 6.62. The van der Waals surface area contributed by atoms with Crippen LogP contribution >= 0.6 is 11.8 Å². The smallest absolute Gasteiger partial charge is 0.262 e. The molecule has 0 fully saturated rings. The monoisotopic (exact) mass is 308 g/mol. The average molecular weight is 308 g/mol. The topological polar surface area (TPSA) is 34.9 Å². The highest BCUT2D eigenvalue weighted by atomic mass is 32.2. The van der Waals surface area contributed by atoms with Gasteiger partial charge in [0.15, 0.2) is 5.16 Å². The number of benzene rings is 2. The van der Waals surface area contributed by atoms with Gasteiger partial charge in [0.1, 0.15) is 0 Å². The highest BCUT2D eigenvalue weighted by Crippen LogP contribution is 2.22. The van der Waals surface area contributed by atoms with Gasteiger partial charge in [-0.2, -0.15) is 0 Å². The molecule has 22 heavy (non-hydrogen) atoms. The van der Waals surface area contributed by atoms with E-state index in [1.54, 1.807) is 22.4 Å². The standard InChI is InChI=1S/C18H16N2OS/c1-2-12-20-17(21)15-10-6-7-11-16(15)19-18(20)22-13-14-8-4-3-5-9-14/h2-11H,1,12-13H2. The predicted molar refractivity (Wildman–Crippen MR) is 92.2 cm³/mol. The lowest BCUT2D eigenvalue weighted by atomic mass is 10.2. The molecule has 110 valence electrons. The first-order chi connectivity index (χ1) is 10.8. The molecule has 0 spiro atoms. The van der Waals surface area contributed by atoms with Crippen molar-refractivity contribution in [2.45, 2.75) is 17.5 Å². The summed E-state index contributed by atoms with van der Waals surface area (Å²) in [5.41, 5.74) is 1.93. The number of aromatic nitrogens is 2. The fourth-order valence-electron chi connectivity index (χ4n) is 2.27. The highest BCUT2D eigenvalue weighted by molar-refractivity contribution is 7.98. The molecular formula is C18H16N2OS. The molecule has 1 heterocycles. The molecule has 1 aromatic heterocycles. The number of allylic oxidation sites excluding steroid dienone is 1. The van der Waals surface area contributed by atoms with Crippen molar-refractivity contribution in [1.82, 2.24) is 9.55 Å². The van der Waals surface area contributed by atoms with Crippen molar-refractivity contribution in [1.29, 1.82) is 0 Å². The molecule has 3 rings (SSSR count). The molecule has 0 aliphatic carbocycles. The molecule has 2 aromatic carbocycles. The van der Waals surface area contributed by atoms with E-state index in [1.807, 2.05) is 42.5 Å². The van der Waals surface area contributed by atoms with Crippen LogP contribution in [0.2, 0.25) is 0 Å². The molecule has 0 unspecified atom stereocenters. The highest BCUT2D eigenvalue weighted by Gasteiger charge is 2.10. The van der Waals surface area contributed by atoms with Crippen LogP contribution in [-0.4, -0.2) is 9.55 Å². The number of fused-ring (bicyclic) bond motifs is 1. The third-order valence-corrected chi connectivity index (χ3v) is 4.40. The third-order valence-electron chi connectivity index (χ3n) is 3.35. The Labute approximate surface area is 133 Å². The minimum Gasteiger partial charge on any atom is -0.283 e. The molecule has 0 bridgehead atoms. The summed E-state index contributed by atoms with van der Waals surface area (Å²) in [6.07, 6.45) is 1.73. The van der Waals surface area contributed by atoms with E-state index in [9.17, 15) is 4.79 Å². The summed E-state index contributed by atoms with van der Waals surface area (Å²) in [5.74, 6) is 0.781. The first-order valence-corrected chi connectivity index (χ1v) is 8.05. The number of hydrogen-bond acceptors (Lipinski definition) is 3. The van der Waals surface area contributed by atoms with Crippen LogP contribution in [0.3, 0.4) is 0 Å². The second-order valence-electron chi connectivity index (χ2n) is 4.89. The summed E-state index contributed by atoms with van der Waals surface area (Å²) in [6, 6.07) is 17.6. The number of rotatable bonds is 5. The zero-order valence-corrected chi connectivity index (χ0v) is 12.9. The van der Waals surface area contributed by atoms with Crippen molar-refractivity contribution in [2.24, 2.45) is 0 Å². The van der Waals surface area contributed by atoms with Gasteiger partial charge in [0, 0.05) is 12.3 Å². The maximum atomic E-state index is 12.6. The molecule has 0 atom stereocenters. The Kier molecular flexibility index (Phi) is 4.39. The van der Waals surface area contributed by atoms with E-state index < -0.39 is 0 Å². The average Bonchev–Trinajstić information content (AvgIpc) is 2.57. The van der Waals surface area contributed by atoms with E-state index in [2.05, 4.69) is 23.7 Å². The summed E-state index contributed by atoms with van der Waals surface area (Å²) in [6.45, 7) is 4.21. The number of hydrogen-bond donors (Lipinski definition) is 0. The third kappa shape index (κ3) is 2.97. The Morgan fingerprint density at radius 1 is 1.09 bits per heavy atom. The fraction of sp³-hybridized carbons (Fsp3) is 0.111. The van der Waals surface area contributed by atoms with E-state index in [1.165, 1.54) is 5.56 Å². The molecule has 3 aromatic rings. The molecule has 0 aliphatic heterocycles. The van der Waals surface area contributed by atoms with E-state index in [0.717, 1.165) is 16.4 Å². The second-order valence-corrected chi connectivity index (χ2v) is 5.83.